The van der Waals surface area contributed by atoms with E-state index in [0.29, 0.717) is 47.6 Å². The highest BCUT2D eigenvalue weighted by atomic mass is 35.5. The zero-order valence-corrected chi connectivity index (χ0v) is 33.1. The van der Waals surface area contributed by atoms with Gasteiger partial charge in [0, 0.05) is 99.2 Å². The Balaban J connectivity index is 0.000000208. The number of hydrogen-bond donors (Lipinski definition) is 2. The SMILES string of the molecule is Cc1cc(N2CCCOC[C@@H]2c2ccc(C(=O)N(C)C)cc2Cl)nc(N)n1.Cc1cc(N2CCCOC[C@H]2c2ccc(C(=O)N(C)C)cc2Cl)nc(N)n1. The number of nitrogens with zero attached hydrogens (tertiary/aromatic N) is 8. The maximum absolute atomic E-state index is 12.2. The van der Waals surface area contributed by atoms with Crippen LogP contribution in [0, 0.1) is 13.8 Å². The Kier molecular flexibility index (Phi) is 13.5. The molecular formula is C38H48Cl2N10O4. The molecule has 54 heavy (non-hydrogen) atoms. The summed E-state index contributed by atoms with van der Waals surface area (Å²) in [5, 5.41) is 1.06. The number of aryl methyl sites for hydroxylation is 2. The summed E-state index contributed by atoms with van der Waals surface area (Å²) in [6.45, 7) is 7.58. The van der Waals surface area contributed by atoms with Crippen molar-refractivity contribution in [2.75, 3.05) is 89.0 Å². The average Bonchev–Trinajstić information content (AvgIpc) is 3.52. The third kappa shape index (κ3) is 9.85. The molecule has 2 saturated heterocycles. The maximum atomic E-state index is 12.2. The minimum atomic E-state index is -0.128. The van der Waals surface area contributed by atoms with Crippen LogP contribution in [0.2, 0.25) is 10.0 Å². The van der Waals surface area contributed by atoms with Crippen LogP contribution in [0.4, 0.5) is 23.5 Å². The number of halogens is 2. The first-order valence-electron chi connectivity index (χ1n) is 17.7. The lowest BCUT2D eigenvalue weighted by atomic mass is 10.0. The summed E-state index contributed by atoms with van der Waals surface area (Å²) in [6.07, 6.45) is 1.74. The molecule has 2 amide bonds. The summed E-state index contributed by atoms with van der Waals surface area (Å²) >= 11 is 13.1. The summed E-state index contributed by atoms with van der Waals surface area (Å²) in [6, 6.07) is 14.4. The van der Waals surface area contributed by atoms with Gasteiger partial charge in [-0.2, -0.15) is 9.97 Å². The van der Waals surface area contributed by atoms with Gasteiger partial charge in [-0.3, -0.25) is 9.59 Å². The number of carbonyl (C=O) groups excluding carboxylic acids is 2. The number of anilines is 4. The first-order chi connectivity index (χ1) is 25.7. The van der Waals surface area contributed by atoms with E-state index in [-0.39, 0.29) is 35.8 Å². The van der Waals surface area contributed by atoms with E-state index in [0.717, 1.165) is 60.1 Å². The molecule has 6 rings (SSSR count). The van der Waals surface area contributed by atoms with Gasteiger partial charge in [0.2, 0.25) is 11.9 Å². The quantitative estimate of drug-likeness (QED) is 0.257. The topological polar surface area (TPSA) is 169 Å². The molecule has 0 bridgehead atoms. The molecule has 0 spiro atoms. The number of benzene rings is 2. The number of carbonyl (C=O) groups is 2. The summed E-state index contributed by atoms with van der Waals surface area (Å²) in [5.41, 5.74) is 16.2. The smallest absolute Gasteiger partial charge is 0.253 e. The molecule has 2 atom stereocenters. The zero-order chi connectivity index (χ0) is 39.1. The van der Waals surface area contributed by atoms with Crippen molar-refractivity contribution in [2.45, 2.75) is 38.8 Å². The number of aromatic nitrogens is 4. The van der Waals surface area contributed by atoms with E-state index in [1.54, 1.807) is 52.5 Å². The van der Waals surface area contributed by atoms with Gasteiger partial charge in [0.1, 0.15) is 11.6 Å². The van der Waals surface area contributed by atoms with E-state index >= 15 is 0 Å². The van der Waals surface area contributed by atoms with Crippen LogP contribution in [0.25, 0.3) is 0 Å². The molecule has 2 aromatic carbocycles. The highest BCUT2D eigenvalue weighted by molar-refractivity contribution is 6.32. The molecular weight excluding hydrogens is 731 g/mol. The van der Waals surface area contributed by atoms with Gasteiger partial charge in [0.25, 0.3) is 11.8 Å². The van der Waals surface area contributed by atoms with Gasteiger partial charge in [-0.15, -0.1) is 0 Å². The Labute approximate surface area is 326 Å². The van der Waals surface area contributed by atoms with E-state index in [2.05, 4.69) is 29.7 Å². The Morgan fingerprint density at radius 1 is 0.667 bits per heavy atom. The van der Waals surface area contributed by atoms with Crippen LogP contribution < -0.4 is 21.3 Å². The van der Waals surface area contributed by atoms with Crippen molar-refractivity contribution >= 4 is 58.5 Å². The lowest BCUT2D eigenvalue weighted by Gasteiger charge is -2.31. The lowest BCUT2D eigenvalue weighted by Crippen LogP contribution is -2.32. The third-order valence-corrected chi connectivity index (χ3v) is 9.66. The number of ether oxygens (including phenoxy) is 2. The van der Waals surface area contributed by atoms with E-state index in [4.69, 9.17) is 44.1 Å². The monoisotopic (exact) mass is 778 g/mol. The average molecular weight is 780 g/mol. The molecule has 0 unspecified atom stereocenters. The van der Waals surface area contributed by atoms with Crippen molar-refractivity contribution in [3.8, 4) is 0 Å². The highest BCUT2D eigenvalue weighted by Crippen LogP contribution is 2.35. The first-order valence-corrected chi connectivity index (χ1v) is 18.4. The van der Waals surface area contributed by atoms with Crippen LogP contribution in [0.1, 0.15) is 68.2 Å². The normalized spacial score (nSPS) is 17.5. The summed E-state index contributed by atoms with van der Waals surface area (Å²) in [7, 11) is 6.86. The minimum Gasteiger partial charge on any atom is -0.379 e. The molecule has 288 valence electrons. The zero-order valence-electron chi connectivity index (χ0n) is 31.6. The third-order valence-electron chi connectivity index (χ3n) is 9.01. The van der Waals surface area contributed by atoms with Gasteiger partial charge in [0.05, 0.1) is 25.3 Å². The molecule has 4 N–H and O–H groups in total. The van der Waals surface area contributed by atoms with Crippen molar-refractivity contribution in [1.29, 1.82) is 0 Å². The van der Waals surface area contributed by atoms with Crippen molar-refractivity contribution < 1.29 is 19.1 Å². The molecule has 0 radical (unpaired) electrons. The van der Waals surface area contributed by atoms with E-state index < -0.39 is 0 Å². The number of nitrogens with two attached hydrogens (primary N) is 2. The van der Waals surface area contributed by atoms with Gasteiger partial charge in [0.15, 0.2) is 0 Å². The van der Waals surface area contributed by atoms with Crippen molar-refractivity contribution in [1.82, 2.24) is 29.7 Å². The second kappa shape index (κ2) is 18.0. The van der Waals surface area contributed by atoms with Gasteiger partial charge >= 0.3 is 0 Å². The van der Waals surface area contributed by atoms with Crippen molar-refractivity contribution in [3.63, 3.8) is 0 Å². The molecule has 4 aromatic rings. The molecule has 0 aliphatic carbocycles. The number of nitrogen functional groups attached to an aromatic ring is 2. The fraction of sp³-hybridized carbons (Fsp3) is 0.421. The molecule has 2 aliphatic rings. The Bertz CT molecular complexity index is 1780. The van der Waals surface area contributed by atoms with Gasteiger partial charge in [-0.05, 0) is 62.1 Å². The second-order valence-electron chi connectivity index (χ2n) is 13.6. The molecule has 2 aromatic heterocycles. The predicted molar refractivity (Wildman–Crippen MR) is 212 cm³/mol. The highest BCUT2D eigenvalue weighted by Gasteiger charge is 2.29. The molecule has 16 heteroatoms. The van der Waals surface area contributed by atoms with Crippen molar-refractivity contribution in [3.05, 3.63) is 92.2 Å². The van der Waals surface area contributed by atoms with E-state index in [1.807, 2.05) is 38.1 Å². The first kappa shape index (κ1) is 40.4. The molecule has 4 heterocycles. The fourth-order valence-electron chi connectivity index (χ4n) is 6.44. The lowest BCUT2D eigenvalue weighted by molar-refractivity contribution is 0.0820. The van der Waals surface area contributed by atoms with Crippen LogP contribution >= 0.6 is 23.2 Å². The minimum absolute atomic E-state index is 0.0865. The Morgan fingerprint density at radius 3 is 1.39 bits per heavy atom. The standard InChI is InChI=1S/2C19H24ClN5O2/c2*1-12-9-17(23-19(21)22-12)25-7-4-8-27-11-16(25)14-6-5-13(10-15(14)20)18(26)24(2)3/h2*5-6,9-10,16H,4,7-8,11H2,1-3H3,(H2,21,22,23)/t2*16-/m10/s1. The van der Waals surface area contributed by atoms with Gasteiger partial charge in [-0.25, -0.2) is 9.97 Å². The molecule has 14 nitrogen and oxygen atoms in total. The van der Waals surface area contributed by atoms with Crippen LogP contribution in [0.3, 0.4) is 0 Å². The van der Waals surface area contributed by atoms with E-state index in [1.165, 1.54) is 9.80 Å². The Morgan fingerprint density at radius 2 is 1.06 bits per heavy atom. The number of hydrogen-bond acceptors (Lipinski definition) is 12. The fourth-order valence-corrected chi connectivity index (χ4v) is 7.05. The molecule has 2 fully saturated rings. The predicted octanol–water partition coefficient (Wildman–Crippen LogP) is 5.38. The molecule has 0 saturated carbocycles. The maximum Gasteiger partial charge on any atom is 0.253 e. The molecule has 2 aliphatic heterocycles. The number of rotatable bonds is 6. The van der Waals surface area contributed by atoms with Crippen molar-refractivity contribution in [2.24, 2.45) is 0 Å². The Hall–Kier alpha value is -4.76. The largest absolute Gasteiger partial charge is 0.379 e. The summed E-state index contributed by atoms with van der Waals surface area (Å²) in [4.78, 5) is 48.9. The van der Waals surface area contributed by atoms with Crippen LogP contribution in [0.5, 0.6) is 0 Å². The second-order valence-corrected chi connectivity index (χ2v) is 14.4. The van der Waals surface area contributed by atoms with E-state index in [9.17, 15) is 9.59 Å². The van der Waals surface area contributed by atoms with Crippen LogP contribution in [-0.4, -0.2) is 109 Å². The van der Waals surface area contributed by atoms with Crippen LogP contribution in [0.15, 0.2) is 48.5 Å². The summed E-state index contributed by atoms with van der Waals surface area (Å²) < 4.78 is 11.6. The van der Waals surface area contributed by atoms with Crippen LogP contribution in [-0.2, 0) is 9.47 Å². The number of amides is 2. The summed E-state index contributed by atoms with van der Waals surface area (Å²) in [5.74, 6) is 1.81. The van der Waals surface area contributed by atoms with Gasteiger partial charge < -0.3 is 40.5 Å². The van der Waals surface area contributed by atoms with Gasteiger partial charge in [-0.1, -0.05) is 35.3 Å².